The topological polar surface area (TPSA) is 141 Å². The third kappa shape index (κ3) is 7.21. The summed E-state index contributed by atoms with van der Waals surface area (Å²) in [5.41, 5.74) is 0. The number of esters is 5. The summed E-state index contributed by atoms with van der Waals surface area (Å²) in [5, 5.41) is 0. The Bertz CT molecular complexity index is 649. The lowest BCUT2D eigenvalue weighted by Gasteiger charge is -2.43. The molecular weight excluding hydrogens is 368 g/mol. The Morgan fingerprint density at radius 2 is 1.15 bits per heavy atom. The molecule has 1 aliphatic heterocycles. The van der Waals surface area contributed by atoms with Crippen LogP contribution in [0.2, 0.25) is 0 Å². The minimum absolute atomic E-state index is 0.528. The quantitative estimate of drug-likeness (QED) is 0.432. The Hall–Kier alpha value is -2.69. The van der Waals surface area contributed by atoms with E-state index in [0.717, 1.165) is 34.6 Å². The van der Waals surface area contributed by atoms with E-state index in [2.05, 4.69) is 0 Å². The van der Waals surface area contributed by atoms with Crippen molar-refractivity contribution >= 4 is 29.8 Å². The Kier molecular flexibility index (Phi) is 7.53. The van der Waals surface area contributed by atoms with Crippen molar-refractivity contribution in [1.82, 2.24) is 0 Å². The molecule has 0 aliphatic carbocycles. The summed E-state index contributed by atoms with van der Waals surface area (Å²) in [6.45, 7) is 4.65. The zero-order valence-electron chi connectivity index (χ0n) is 16.5. The van der Waals surface area contributed by atoms with Crippen LogP contribution in [0.3, 0.4) is 0 Å². The van der Waals surface area contributed by atoms with Gasteiger partial charge in [0.25, 0.3) is 0 Å². The van der Waals surface area contributed by atoms with Crippen molar-refractivity contribution in [1.29, 1.82) is 0 Å². The highest BCUT2D eigenvalue weighted by molar-refractivity contribution is 5.69. The monoisotopic (exact) mass is 391 g/mol. The van der Waals surface area contributed by atoms with E-state index in [1.807, 2.05) is 0 Å². The van der Waals surface area contributed by atoms with Crippen molar-refractivity contribution in [3.05, 3.63) is 0 Å². The second-order valence-electron chi connectivity index (χ2n) is 5.55. The molecular formula is C16H22O11. The minimum Gasteiger partial charge on any atom is -0.463 e. The molecule has 0 aromatic heterocycles. The van der Waals surface area contributed by atoms with Gasteiger partial charge in [0.05, 0.1) is 0 Å². The molecule has 11 heteroatoms. The number of ether oxygens (including phenoxy) is 6. The predicted octanol–water partition coefficient (Wildman–Crippen LogP) is -0.367. The fourth-order valence-corrected chi connectivity index (χ4v) is 2.30. The molecule has 5 atom stereocenters. The summed E-state index contributed by atoms with van der Waals surface area (Å²) in [7, 11) is 0. The molecule has 27 heavy (non-hydrogen) atoms. The molecule has 0 N–H and O–H groups in total. The fraction of sp³-hybridized carbons (Fsp3) is 0.688. The summed E-state index contributed by atoms with van der Waals surface area (Å²) in [4.78, 5) is 57.3. The van der Waals surface area contributed by atoms with Gasteiger partial charge in [-0.15, -0.1) is 0 Å². The van der Waals surface area contributed by atoms with E-state index >= 15 is 0 Å². The van der Waals surface area contributed by atoms with Crippen LogP contribution in [0.4, 0.5) is 0 Å². The van der Waals surface area contributed by atoms with E-state index in [4.69, 9.17) is 29.8 Å². The second kappa shape index (κ2) is 9.86. The Morgan fingerprint density at radius 1 is 0.704 bits per heavy atom. The lowest BCUT2D eigenvalue weighted by Crippen LogP contribution is -2.63. The first kappa shape index (κ1) is 20.6. The summed E-state index contributed by atoms with van der Waals surface area (Å²) in [5.74, 6) is -4.26. The smallest absolute Gasteiger partial charge is 0.305 e. The van der Waals surface area contributed by atoms with E-state index in [1.54, 1.807) is 0 Å². The number of carbonyl (C=O) groups excluding carboxylic acids is 5. The van der Waals surface area contributed by atoms with Crippen LogP contribution in [0.1, 0.15) is 36.0 Å². The molecule has 11 nitrogen and oxygen atoms in total. The van der Waals surface area contributed by atoms with Crippen LogP contribution < -0.4 is 0 Å². The van der Waals surface area contributed by atoms with Gasteiger partial charge in [-0.1, -0.05) is 0 Å². The number of carbonyl (C=O) groups is 5. The number of hydrogen-bond donors (Lipinski definition) is 0. The van der Waals surface area contributed by atoms with Crippen molar-refractivity contribution in [3.63, 3.8) is 0 Å². The molecule has 152 valence electrons. The van der Waals surface area contributed by atoms with Crippen LogP contribution in [0.25, 0.3) is 0 Å². The van der Waals surface area contributed by atoms with Crippen LogP contribution in [0.15, 0.2) is 0 Å². The molecule has 0 bridgehead atoms. The van der Waals surface area contributed by atoms with Crippen molar-refractivity contribution in [2.75, 3.05) is 6.61 Å². The van der Waals surface area contributed by atoms with Gasteiger partial charge in [-0.05, 0) is 0 Å². The van der Waals surface area contributed by atoms with Crippen LogP contribution in [-0.2, 0) is 52.4 Å². The third-order valence-corrected chi connectivity index (χ3v) is 3.08. The molecule has 0 radical (unpaired) electrons. The molecule has 0 saturated carbocycles. The van der Waals surface area contributed by atoms with E-state index in [9.17, 15) is 24.0 Å². The number of hydrogen-bond acceptors (Lipinski definition) is 11. The van der Waals surface area contributed by atoms with Crippen LogP contribution >= 0.6 is 0 Å². The van der Waals surface area contributed by atoms with E-state index < -0.39 is 67.1 Å². The van der Waals surface area contributed by atoms with Gasteiger partial charge in [0, 0.05) is 34.6 Å². The maximum Gasteiger partial charge on any atom is 0.305 e. The van der Waals surface area contributed by atoms with Gasteiger partial charge >= 0.3 is 29.8 Å². The average molecular weight is 391 g/mol. The van der Waals surface area contributed by atoms with Gasteiger partial charge in [-0.2, -0.15) is 0 Å². The van der Waals surface area contributed by atoms with Gasteiger partial charge in [0.2, 0.25) is 12.4 Å². The molecule has 1 rings (SSSR count). The Morgan fingerprint density at radius 3 is 1.59 bits per heavy atom. The zero-order chi connectivity index (χ0) is 21.6. The van der Waals surface area contributed by atoms with E-state index in [1.165, 1.54) is 0 Å². The highest BCUT2D eigenvalue weighted by Gasteiger charge is 2.53. The zero-order valence-corrected chi connectivity index (χ0v) is 15.5. The maximum absolute atomic E-state index is 11.6. The first-order valence-electron chi connectivity index (χ1n) is 8.38. The Balaban J connectivity index is 3.43. The summed E-state index contributed by atoms with van der Waals surface area (Å²) >= 11 is 0. The van der Waals surface area contributed by atoms with Gasteiger partial charge in [-0.25, -0.2) is 0 Å². The molecule has 1 aliphatic rings. The number of rotatable bonds is 6. The molecule has 1 saturated heterocycles. The minimum atomic E-state index is -2.67. The molecule has 0 unspecified atom stereocenters. The van der Waals surface area contributed by atoms with Gasteiger partial charge < -0.3 is 28.4 Å². The summed E-state index contributed by atoms with van der Waals surface area (Å²) in [6.07, 6.45) is -8.86. The van der Waals surface area contributed by atoms with Crippen LogP contribution in [-0.4, -0.2) is 67.1 Å². The molecule has 0 spiro atoms. The molecule has 0 aromatic carbocycles. The summed E-state index contributed by atoms with van der Waals surface area (Å²) in [6, 6.07) is 0. The third-order valence-electron chi connectivity index (χ3n) is 3.08. The highest BCUT2D eigenvalue weighted by atomic mass is 16.7. The maximum atomic E-state index is 11.6. The first-order valence-corrected chi connectivity index (χ1v) is 7.88. The standard InChI is InChI=1S/C16H22O11/c1-7(17)22-6-12-13(23-8(2)18)14(24-9(3)19)15(25-10(4)20)16(27-12)26-11(5)21/h12-16H,6H2,1-5H3/t12-,13-,14+,15-,16-/m1/s1/i16D. The second-order valence-corrected chi connectivity index (χ2v) is 5.55. The van der Waals surface area contributed by atoms with Crippen molar-refractivity contribution < 1.29 is 53.8 Å². The van der Waals surface area contributed by atoms with E-state index in [0.29, 0.717) is 0 Å². The first-order chi connectivity index (χ1) is 12.9. The molecule has 1 heterocycles. The summed E-state index contributed by atoms with van der Waals surface area (Å²) < 4.78 is 38.6. The van der Waals surface area contributed by atoms with Gasteiger partial charge in [0.15, 0.2) is 12.2 Å². The average Bonchev–Trinajstić information content (AvgIpc) is 2.50. The normalized spacial score (nSPS) is 30.3. The van der Waals surface area contributed by atoms with Crippen molar-refractivity contribution in [2.24, 2.45) is 0 Å². The van der Waals surface area contributed by atoms with Crippen molar-refractivity contribution in [3.8, 4) is 0 Å². The van der Waals surface area contributed by atoms with Gasteiger partial charge in [0.1, 0.15) is 14.1 Å². The molecule has 1 fully saturated rings. The van der Waals surface area contributed by atoms with Crippen LogP contribution in [0, 0.1) is 0 Å². The highest BCUT2D eigenvalue weighted by Crippen LogP contribution is 2.29. The van der Waals surface area contributed by atoms with Gasteiger partial charge in [-0.3, -0.25) is 24.0 Å². The van der Waals surface area contributed by atoms with E-state index in [-0.39, 0.29) is 0 Å². The van der Waals surface area contributed by atoms with Crippen molar-refractivity contribution in [2.45, 2.75) is 65.3 Å². The lowest BCUT2D eigenvalue weighted by molar-refractivity contribution is -0.300. The molecule has 0 aromatic rings. The Labute approximate surface area is 156 Å². The molecule has 0 amide bonds. The largest absolute Gasteiger partial charge is 0.463 e. The SMILES string of the molecule is [2H][C@@]1(OC(C)=O)O[C@H](COC(C)=O)[C@@H](OC(C)=O)[C@H](OC(C)=O)[C@H]1OC(C)=O. The lowest BCUT2D eigenvalue weighted by atomic mass is 9.98. The fourth-order valence-electron chi connectivity index (χ4n) is 2.30. The predicted molar refractivity (Wildman–Crippen MR) is 83.7 cm³/mol. The van der Waals surface area contributed by atoms with Crippen LogP contribution in [0.5, 0.6) is 0 Å².